The number of aromatic nitrogens is 2. The minimum Gasteiger partial charge on any atom is -0.330 e. The van der Waals surface area contributed by atoms with Gasteiger partial charge in [0.25, 0.3) is 5.91 Å². The van der Waals surface area contributed by atoms with Crippen LogP contribution in [-0.4, -0.2) is 39.6 Å². The van der Waals surface area contributed by atoms with Gasteiger partial charge < -0.3 is 10.2 Å². The molecule has 0 radical (unpaired) electrons. The van der Waals surface area contributed by atoms with E-state index in [1.807, 2.05) is 20.8 Å². The first-order chi connectivity index (χ1) is 15.5. The lowest BCUT2D eigenvalue weighted by Gasteiger charge is -2.20. The second kappa shape index (κ2) is 9.93. The highest BCUT2D eigenvalue weighted by Gasteiger charge is 2.24. The number of carbonyl (C=O) groups is 2. The molecule has 0 bridgehead atoms. The van der Waals surface area contributed by atoms with Crippen molar-refractivity contribution in [3.8, 4) is 5.69 Å². The number of nitrogens with zero attached hydrogens (tertiary/aromatic N) is 3. The molecule has 3 rings (SSSR count). The Morgan fingerprint density at radius 2 is 1.79 bits per heavy atom. The molecule has 2 aromatic carbocycles. The Balaban J connectivity index is 1.87. The fourth-order valence-corrected chi connectivity index (χ4v) is 3.43. The SMILES string of the molecule is CCN(CC(=O)Nc1cc(C(C)(C)C)nn1-c1ccc(Cl)c(Cl)c1)C(=O)c1ccccc1F. The van der Waals surface area contributed by atoms with Gasteiger partial charge in [0.15, 0.2) is 0 Å². The summed E-state index contributed by atoms with van der Waals surface area (Å²) in [6.07, 6.45) is 0. The van der Waals surface area contributed by atoms with Gasteiger partial charge in [-0.3, -0.25) is 9.59 Å². The lowest BCUT2D eigenvalue weighted by Crippen LogP contribution is -2.38. The number of carbonyl (C=O) groups excluding carboxylic acids is 2. The van der Waals surface area contributed by atoms with Gasteiger partial charge in [-0.1, -0.05) is 56.1 Å². The molecule has 0 aliphatic rings. The zero-order chi connectivity index (χ0) is 24.3. The average Bonchev–Trinajstić information content (AvgIpc) is 3.18. The monoisotopic (exact) mass is 490 g/mol. The van der Waals surface area contributed by atoms with E-state index in [9.17, 15) is 14.0 Å². The van der Waals surface area contributed by atoms with E-state index >= 15 is 0 Å². The van der Waals surface area contributed by atoms with E-state index in [0.717, 1.165) is 5.69 Å². The van der Waals surface area contributed by atoms with E-state index in [1.165, 1.54) is 23.1 Å². The van der Waals surface area contributed by atoms with Gasteiger partial charge in [-0.05, 0) is 37.3 Å². The third-order valence-corrected chi connectivity index (χ3v) is 5.74. The van der Waals surface area contributed by atoms with E-state index in [-0.39, 0.29) is 24.1 Å². The molecule has 3 aromatic rings. The van der Waals surface area contributed by atoms with Crippen LogP contribution in [0.2, 0.25) is 10.0 Å². The van der Waals surface area contributed by atoms with Crippen molar-refractivity contribution in [3.63, 3.8) is 0 Å². The minimum atomic E-state index is -0.631. The van der Waals surface area contributed by atoms with Crippen LogP contribution in [0.1, 0.15) is 43.7 Å². The van der Waals surface area contributed by atoms with Gasteiger partial charge in [-0.2, -0.15) is 5.10 Å². The van der Waals surface area contributed by atoms with Crippen LogP contribution >= 0.6 is 23.2 Å². The molecule has 0 unspecified atom stereocenters. The summed E-state index contributed by atoms with van der Waals surface area (Å²) in [5.41, 5.74) is 1.00. The fourth-order valence-electron chi connectivity index (χ4n) is 3.14. The van der Waals surface area contributed by atoms with Crippen LogP contribution in [0.5, 0.6) is 0 Å². The Morgan fingerprint density at radius 3 is 2.39 bits per heavy atom. The molecule has 0 saturated heterocycles. The summed E-state index contributed by atoms with van der Waals surface area (Å²) in [5, 5.41) is 8.21. The van der Waals surface area contributed by atoms with E-state index < -0.39 is 17.6 Å². The van der Waals surface area contributed by atoms with Gasteiger partial charge in [0.2, 0.25) is 5.91 Å². The first-order valence-corrected chi connectivity index (χ1v) is 11.2. The maximum Gasteiger partial charge on any atom is 0.257 e. The van der Waals surface area contributed by atoms with Crippen molar-refractivity contribution in [1.29, 1.82) is 0 Å². The summed E-state index contributed by atoms with van der Waals surface area (Å²) in [7, 11) is 0. The normalized spacial score (nSPS) is 11.4. The van der Waals surface area contributed by atoms with Crippen LogP contribution in [-0.2, 0) is 10.2 Å². The number of amides is 2. The van der Waals surface area contributed by atoms with E-state index in [4.69, 9.17) is 23.2 Å². The number of benzene rings is 2. The van der Waals surface area contributed by atoms with Crippen LogP contribution < -0.4 is 5.32 Å². The topological polar surface area (TPSA) is 67.2 Å². The maximum absolute atomic E-state index is 14.1. The van der Waals surface area contributed by atoms with Crippen LogP contribution in [0.4, 0.5) is 10.2 Å². The van der Waals surface area contributed by atoms with Gasteiger partial charge in [0.05, 0.1) is 27.0 Å². The van der Waals surface area contributed by atoms with Gasteiger partial charge in [-0.15, -0.1) is 0 Å². The summed E-state index contributed by atoms with van der Waals surface area (Å²) in [6.45, 7) is 7.73. The first kappa shape index (κ1) is 24.7. The molecule has 1 N–H and O–H groups in total. The quantitative estimate of drug-likeness (QED) is 0.480. The lowest BCUT2D eigenvalue weighted by molar-refractivity contribution is -0.116. The molecule has 174 valence electrons. The highest BCUT2D eigenvalue weighted by atomic mass is 35.5. The molecule has 0 aliphatic carbocycles. The maximum atomic E-state index is 14.1. The van der Waals surface area contributed by atoms with Crippen molar-refractivity contribution in [2.45, 2.75) is 33.1 Å². The molecule has 1 aromatic heterocycles. The number of hydrogen-bond acceptors (Lipinski definition) is 3. The Bertz CT molecular complexity index is 1190. The van der Waals surface area contributed by atoms with Crippen LogP contribution in [0.3, 0.4) is 0 Å². The summed E-state index contributed by atoms with van der Waals surface area (Å²) >= 11 is 12.2. The summed E-state index contributed by atoms with van der Waals surface area (Å²) < 4.78 is 15.6. The minimum absolute atomic E-state index is 0.0805. The number of rotatable bonds is 6. The Labute approximate surface area is 202 Å². The van der Waals surface area contributed by atoms with Gasteiger partial charge in [0, 0.05) is 18.0 Å². The standard InChI is InChI=1S/C24H25Cl2FN4O2/c1-5-30(23(33)16-8-6-7-9-19(16)27)14-22(32)28-21-13-20(24(2,3)4)29-31(21)15-10-11-17(25)18(26)12-15/h6-13H,5,14H2,1-4H3,(H,28,32). The molecule has 0 saturated carbocycles. The van der Waals surface area contributed by atoms with Crippen LogP contribution in [0, 0.1) is 5.82 Å². The van der Waals surface area contributed by atoms with E-state index in [1.54, 1.807) is 41.9 Å². The predicted molar refractivity (Wildman–Crippen MR) is 129 cm³/mol. The summed E-state index contributed by atoms with van der Waals surface area (Å²) in [6, 6.07) is 12.5. The largest absolute Gasteiger partial charge is 0.330 e. The molecular formula is C24H25Cl2FN4O2. The zero-order valence-electron chi connectivity index (χ0n) is 18.8. The van der Waals surface area contributed by atoms with Crippen molar-refractivity contribution in [3.05, 3.63) is 75.7 Å². The molecule has 0 fully saturated rings. The molecule has 33 heavy (non-hydrogen) atoms. The second-order valence-corrected chi connectivity index (χ2v) is 9.34. The summed E-state index contributed by atoms with van der Waals surface area (Å²) in [5.74, 6) is -1.21. The smallest absolute Gasteiger partial charge is 0.257 e. The number of anilines is 1. The van der Waals surface area contributed by atoms with E-state index in [0.29, 0.717) is 21.6 Å². The van der Waals surface area contributed by atoms with Crippen molar-refractivity contribution in [2.75, 3.05) is 18.4 Å². The number of hydrogen-bond donors (Lipinski definition) is 1. The molecule has 6 nitrogen and oxygen atoms in total. The third-order valence-electron chi connectivity index (χ3n) is 5.00. The first-order valence-electron chi connectivity index (χ1n) is 10.4. The number of halogens is 3. The lowest BCUT2D eigenvalue weighted by atomic mass is 9.92. The van der Waals surface area contributed by atoms with E-state index in [2.05, 4.69) is 10.4 Å². The third kappa shape index (κ3) is 5.72. The number of nitrogens with one attached hydrogen (secondary N) is 1. The molecule has 0 aliphatic heterocycles. The summed E-state index contributed by atoms with van der Waals surface area (Å²) in [4.78, 5) is 26.9. The average molecular weight is 491 g/mol. The Hall–Kier alpha value is -2.90. The second-order valence-electron chi connectivity index (χ2n) is 8.52. The van der Waals surface area contributed by atoms with Crippen molar-refractivity contribution in [1.82, 2.24) is 14.7 Å². The molecule has 9 heteroatoms. The van der Waals surface area contributed by atoms with Crippen LogP contribution in [0.25, 0.3) is 5.69 Å². The number of likely N-dealkylation sites (N-methyl/N-ethyl adjacent to an activating group) is 1. The Morgan fingerprint density at radius 1 is 1.09 bits per heavy atom. The molecule has 0 atom stereocenters. The fraction of sp³-hybridized carbons (Fsp3) is 0.292. The van der Waals surface area contributed by atoms with Crippen LogP contribution in [0.15, 0.2) is 48.5 Å². The molecule has 1 heterocycles. The van der Waals surface area contributed by atoms with Gasteiger partial charge in [-0.25, -0.2) is 9.07 Å². The highest BCUT2D eigenvalue weighted by molar-refractivity contribution is 6.42. The van der Waals surface area contributed by atoms with Crippen molar-refractivity contribution in [2.24, 2.45) is 0 Å². The Kier molecular flexibility index (Phi) is 7.44. The van der Waals surface area contributed by atoms with Crippen molar-refractivity contribution < 1.29 is 14.0 Å². The van der Waals surface area contributed by atoms with Gasteiger partial charge >= 0.3 is 0 Å². The highest BCUT2D eigenvalue weighted by Crippen LogP contribution is 2.29. The van der Waals surface area contributed by atoms with Gasteiger partial charge in [0.1, 0.15) is 18.2 Å². The molecule has 0 spiro atoms. The molecular weight excluding hydrogens is 466 g/mol. The van der Waals surface area contributed by atoms with Crippen molar-refractivity contribution >= 4 is 40.8 Å². The predicted octanol–water partition coefficient (Wildman–Crippen LogP) is 5.72. The molecule has 2 amide bonds. The zero-order valence-corrected chi connectivity index (χ0v) is 20.3.